The molecule has 0 saturated heterocycles. The van der Waals surface area contributed by atoms with E-state index in [1.807, 2.05) is 6.07 Å². The van der Waals surface area contributed by atoms with Gasteiger partial charge in [-0.1, -0.05) is 30.3 Å². The average Bonchev–Trinajstić information content (AvgIpc) is 3.14. The molecule has 0 radical (unpaired) electrons. The number of rotatable bonds is 6. The minimum Gasteiger partial charge on any atom is -0.309 e. The smallest absolute Gasteiger partial charge is 0.309 e. The number of imidazole rings is 1. The van der Waals surface area contributed by atoms with Crippen molar-refractivity contribution in [2.45, 2.75) is 10.1 Å². The van der Waals surface area contributed by atoms with Crippen molar-refractivity contribution in [2.75, 3.05) is 11.1 Å². The third-order valence-electron chi connectivity index (χ3n) is 4.24. The van der Waals surface area contributed by atoms with Crippen LogP contribution in [0.3, 0.4) is 0 Å². The number of aromatic amines is 1. The van der Waals surface area contributed by atoms with Gasteiger partial charge in [-0.2, -0.15) is 8.42 Å². The molecule has 0 unspecified atom stereocenters. The number of hydrogen-bond acceptors (Lipinski definition) is 5. The predicted molar refractivity (Wildman–Crippen MR) is 127 cm³/mol. The van der Waals surface area contributed by atoms with E-state index in [1.165, 1.54) is 3.97 Å². The summed E-state index contributed by atoms with van der Waals surface area (Å²) in [5.41, 5.74) is 1.16. The highest BCUT2D eigenvalue weighted by Crippen LogP contribution is 2.25. The number of benzene rings is 2. The Bertz CT molecular complexity index is 1380. The summed E-state index contributed by atoms with van der Waals surface area (Å²) in [5.74, 6) is 0.0551. The van der Waals surface area contributed by atoms with Gasteiger partial charge in [0, 0.05) is 10.7 Å². The first kappa shape index (κ1) is 22.0. The molecule has 2 aromatic heterocycles. The van der Waals surface area contributed by atoms with Gasteiger partial charge in [-0.3, -0.25) is 4.79 Å². The molecule has 2 aromatic carbocycles. The third-order valence-corrected chi connectivity index (χ3v) is 8.08. The molecule has 4 rings (SSSR count). The molecule has 0 atom stereocenters. The van der Waals surface area contributed by atoms with E-state index in [0.29, 0.717) is 26.5 Å². The van der Waals surface area contributed by atoms with E-state index < -0.39 is 10.0 Å². The number of H-pyrrole nitrogens is 1. The van der Waals surface area contributed by atoms with Crippen molar-refractivity contribution in [1.29, 1.82) is 0 Å². The molecule has 7 nitrogen and oxygen atoms in total. The quantitative estimate of drug-likeness (QED) is 0.260. The molecule has 0 saturated carbocycles. The molecule has 4 aromatic rings. The highest BCUT2D eigenvalue weighted by molar-refractivity contribution is 9.11. The summed E-state index contributed by atoms with van der Waals surface area (Å²) in [6.45, 7) is 0. The number of para-hydroxylation sites is 2. The lowest BCUT2D eigenvalue weighted by Crippen LogP contribution is -2.44. The first-order valence-electron chi connectivity index (χ1n) is 8.93. The highest BCUT2D eigenvalue weighted by Gasteiger charge is 2.31. The topological polar surface area (TPSA) is 95.8 Å². The normalized spacial score (nSPS) is 11.5. The van der Waals surface area contributed by atoms with Crippen molar-refractivity contribution >= 4 is 76.4 Å². The van der Waals surface area contributed by atoms with Crippen LogP contribution in [0.4, 0.5) is 5.82 Å². The summed E-state index contributed by atoms with van der Waals surface area (Å²) in [7, 11) is -3.86. The number of carbonyl (C=O) groups is 1. The minimum absolute atomic E-state index is 0.0126. The van der Waals surface area contributed by atoms with Gasteiger partial charge in [0.15, 0.2) is 11.0 Å². The summed E-state index contributed by atoms with van der Waals surface area (Å²) >= 11 is 7.76. The number of thioether (sulfide) groups is 1. The first-order valence-corrected chi connectivity index (χ1v) is 12.9. The van der Waals surface area contributed by atoms with Crippen LogP contribution in [-0.2, 0) is 14.8 Å². The fourth-order valence-electron chi connectivity index (χ4n) is 2.87. The van der Waals surface area contributed by atoms with Crippen LogP contribution in [0.5, 0.6) is 0 Å². The standard InChI is InChI=1S/C20H14Br2N4O3S2/c21-13-10-15(22)19(23-11-13)25-18(27)12-30-20-24-16-8-4-5-9-17(16)26(20)31(28,29)14-6-2-1-3-7-14/h1-11H,12H2,(H,23,25,27)/p+1. The van der Waals surface area contributed by atoms with Gasteiger partial charge in [0.25, 0.3) is 0 Å². The number of carbonyl (C=O) groups excluding carboxylic acids is 1. The Morgan fingerprint density at radius 1 is 1.10 bits per heavy atom. The summed E-state index contributed by atoms with van der Waals surface area (Å²) < 4.78 is 29.3. The fourth-order valence-corrected chi connectivity index (χ4v) is 6.54. The maximum absolute atomic E-state index is 13.4. The van der Waals surface area contributed by atoms with Crippen LogP contribution in [0.2, 0.25) is 0 Å². The van der Waals surface area contributed by atoms with Crippen LogP contribution in [0.1, 0.15) is 0 Å². The maximum Gasteiger partial charge on any atom is 0.336 e. The van der Waals surface area contributed by atoms with E-state index in [1.54, 1.807) is 60.8 Å². The first-order chi connectivity index (χ1) is 14.9. The molecule has 2 heterocycles. The average molecular weight is 583 g/mol. The molecule has 1 amide bonds. The lowest BCUT2D eigenvalue weighted by molar-refractivity contribution is -0.526. The Kier molecular flexibility index (Phi) is 6.47. The maximum atomic E-state index is 13.4. The number of aromatic nitrogens is 3. The zero-order valence-electron chi connectivity index (χ0n) is 15.7. The van der Waals surface area contributed by atoms with Gasteiger partial charge < -0.3 is 5.32 Å². The third kappa shape index (κ3) is 4.69. The summed E-state index contributed by atoms with van der Waals surface area (Å²) in [6.07, 6.45) is 1.58. The molecule has 0 aliphatic heterocycles. The van der Waals surface area contributed by atoms with E-state index in [0.717, 1.165) is 16.2 Å². The number of pyridine rings is 1. The van der Waals surface area contributed by atoms with Crippen LogP contribution in [0.15, 0.2) is 85.9 Å². The van der Waals surface area contributed by atoms with E-state index >= 15 is 0 Å². The Morgan fingerprint density at radius 3 is 2.55 bits per heavy atom. The van der Waals surface area contributed by atoms with Crippen LogP contribution in [-0.4, -0.2) is 30.0 Å². The van der Waals surface area contributed by atoms with Crippen molar-refractivity contribution in [3.63, 3.8) is 0 Å². The molecular formula is C20H15Br2N4O3S2+. The second-order valence-electron chi connectivity index (χ2n) is 6.35. The Labute approximate surface area is 199 Å². The van der Waals surface area contributed by atoms with Crippen molar-refractivity contribution in [3.05, 3.63) is 75.8 Å². The second kappa shape index (κ2) is 9.11. The lowest BCUT2D eigenvalue weighted by atomic mass is 10.3. The summed E-state index contributed by atoms with van der Waals surface area (Å²) in [6, 6.07) is 17.1. The van der Waals surface area contributed by atoms with E-state index in [-0.39, 0.29) is 16.6 Å². The fraction of sp³-hybridized carbons (Fsp3) is 0.0500. The Hall–Kier alpha value is -2.21. The lowest BCUT2D eigenvalue weighted by Gasteiger charge is -2.06. The van der Waals surface area contributed by atoms with Gasteiger partial charge in [0.1, 0.15) is 10.7 Å². The van der Waals surface area contributed by atoms with E-state index in [2.05, 4.69) is 47.1 Å². The number of halogens is 2. The van der Waals surface area contributed by atoms with Gasteiger partial charge in [-0.15, -0.1) is 3.97 Å². The minimum atomic E-state index is -3.86. The Morgan fingerprint density at radius 2 is 1.81 bits per heavy atom. The monoisotopic (exact) mass is 581 g/mol. The number of nitrogens with one attached hydrogen (secondary N) is 2. The molecular weight excluding hydrogens is 568 g/mol. The zero-order chi connectivity index (χ0) is 22.0. The van der Waals surface area contributed by atoms with Gasteiger partial charge >= 0.3 is 15.2 Å². The molecule has 0 bridgehead atoms. The SMILES string of the molecule is O=C(CSc1[nH]c2ccccc2[n+]1S(=O)(=O)c1ccccc1)Nc1ncc(Br)cc1Br. The van der Waals surface area contributed by atoms with Crippen molar-refractivity contribution in [1.82, 2.24) is 9.97 Å². The molecule has 31 heavy (non-hydrogen) atoms. The van der Waals surface area contributed by atoms with Crippen molar-refractivity contribution in [3.8, 4) is 0 Å². The molecule has 0 fully saturated rings. The molecule has 11 heteroatoms. The Balaban J connectivity index is 1.64. The second-order valence-corrected chi connectivity index (χ2v) is 10.9. The zero-order valence-corrected chi connectivity index (χ0v) is 20.6. The molecule has 158 valence electrons. The number of nitrogens with zero attached hydrogens (tertiary/aromatic N) is 2. The predicted octanol–water partition coefficient (Wildman–Crippen LogP) is 4.34. The molecule has 2 N–H and O–H groups in total. The number of fused-ring (bicyclic) bond motifs is 1. The largest absolute Gasteiger partial charge is 0.336 e. The van der Waals surface area contributed by atoms with Crippen LogP contribution in [0, 0.1) is 0 Å². The molecule has 0 spiro atoms. The van der Waals surface area contributed by atoms with Gasteiger partial charge in [-0.25, -0.2) is 9.97 Å². The van der Waals surface area contributed by atoms with E-state index in [4.69, 9.17) is 0 Å². The summed E-state index contributed by atoms with van der Waals surface area (Å²) in [4.78, 5) is 19.9. The summed E-state index contributed by atoms with van der Waals surface area (Å²) in [5, 5.41) is 3.06. The van der Waals surface area contributed by atoms with Crippen LogP contribution < -0.4 is 9.29 Å². The molecule has 0 aliphatic rings. The number of anilines is 1. The van der Waals surface area contributed by atoms with Gasteiger partial charge in [0.2, 0.25) is 5.91 Å². The van der Waals surface area contributed by atoms with Crippen LogP contribution >= 0.6 is 43.6 Å². The number of hydrogen-bond donors (Lipinski definition) is 2. The number of amides is 1. The molecule has 0 aliphatic carbocycles. The van der Waals surface area contributed by atoms with E-state index in [9.17, 15) is 13.2 Å². The van der Waals surface area contributed by atoms with Crippen molar-refractivity contribution < 1.29 is 17.2 Å². The van der Waals surface area contributed by atoms with Gasteiger partial charge in [-0.05, 0) is 74.0 Å². The van der Waals surface area contributed by atoms with Crippen LogP contribution in [0.25, 0.3) is 11.0 Å². The highest BCUT2D eigenvalue weighted by atomic mass is 79.9. The van der Waals surface area contributed by atoms with Gasteiger partial charge in [0.05, 0.1) is 10.2 Å². The van der Waals surface area contributed by atoms with Crippen molar-refractivity contribution in [2.24, 2.45) is 0 Å².